The van der Waals surface area contributed by atoms with E-state index >= 15 is 0 Å². The molecule has 4 atom stereocenters. The molecule has 9 N–H and O–H groups in total. The number of hydrogen-bond donors (Lipinski definition) is 7. The lowest BCUT2D eigenvalue weighted by Crippen LogP contribution is -2.55. The number of fused-ring (bicyclic) bond motifs is 4. The van der Waals surface area contributed by atoms with Crippen LogP contribution in [0.5, 0.6) is 0 Å². The zero-order valence-electron chi connectivity index (χ0n) is 46.6. The fourth-order valence-electron chi connectivity index (χ4n) is 12.7. The summed E-state index contributed by atoms with van der Waals surface area (Å²) < 4.78 is 2.26. The first-order valence-corrected chi connectivity index (χ1v) is 28.5. The molecule has 12 nitrogen and oxygen atoms in total. The van der Waals surface area contributed by atoms with Crippen LogP contribution in [0.1, 0.15) is 127 Å². The van der Waals surface area contributed by atoms with Gasteiger partial charge in [-0.3, -0.25) is 14.6 Å². The number of nitrogens with zero attached hydrogens (tertiary/aromatic N) is 3. The van der Waals surface area contributed by atoms with E-state index in [9.17, 15) is 9.59 Å². The highest BCUT2D eigenvalue weighted by atomic mass is 16.2. The molecule has 0 aliphatic heterocycles. The van der Waals surface area contributed by atoms with Gasteiger partial charge in [-0.25, -0.2) is 4.98 Å². The van der Waals surface area contributed by atoms with Gasteiger partial charge in [0, 0.05) is 96.4 Å². The van der Waals surface area contributed by atoms with Gasteiger partial charge in [-0.05, 0) is 162 Å². The monoisotopic (exact) mass is 1040 g/mol. The molecule has 2 amide bonds. The van der Waals surface area contributed by atoms with E-state index in [1.54, 1.807) is 0 Å². The molecule has 404 valence electrons. The first-order valence-electron chi connectivity index (χ1n) is 28.5. The number of unbranched alkanes of at least 4 members (excludes halogenated alkanes) is 6. The van der Waals surface area contributed by atoms with Gasteiger partial charge in [0.2, 0.25) is 28.5 Å². The molecule has 12 heteroatoms. The normalized spacial score (nSPS) is 20.6. The Balaban J connectivity index is 0.705. The summed E-state index contributed by atoms with van der Waals surface area (Å²) in [5.41, 5.74) is 28.4. The first kappa shape index (κ1) is 54.6. The highest BCUT2D eigenvalue weighted by Crippen LogP contribution is 2.57. The second-order valence-corrected chi connectivity index (χ2v) is 23.1. The van der Waals surface area contributed by atoms with Crippen LogP contribution in [-0.4, -0.2) is 48.7 Å². The Morgan fingerprint density at radius 3 is 1.95 bits per heavy atom. The van der Waals surface area contributed by atoms with E-state index in [0.717, 1.165) is 186 Å². The standard InChI is InChI=1S/C65H82N10O2/c1-43-31-48-40-64(6,62(76)70-29-19-9-7-18-28-69-55-38-61-59(35-47(55)5)74-58-33-45(3)53(67)36-60(58)75(61)51-23-15-12-16-24-51)42-65(39-43,41-48)63(77)71-30-20-10-8-17-27-68-54-37-57(72-49-21-13-11-14-22-49)56(34-46(54)4)73-50-25-26-52(66)44(2)32-50/h11-16,21-24,26,32-38,43,48,68,72H,7-10,17-20,25,27-31,39-42,66H2,1-6H3,(H4,67,69,70,71,76,77)/p+1. The summed E-state index contributed by atoms with van der Waals surface area (Å²) in [7, 11) is 0. The van der Waals surface area contributed by atoms with Gasteiger partial charge < -0.3 is 38.1 Å². The van der Waals surface area contributed by atoms with Crippen LogP contribution in [0.15, 0.2) is 125 Å². The topological polar surface area (TPSA) is 175 Å². The fraction of sp³-hybridized carbons (Fsp3) is 0.431. The summed E-state index contributed by atoms with van der Waals surface area (Å²) in [4.78, 5) is 38.4. The average Bonchev–Trinajstić information content (AvgIpc) is 3.47. The Labute approximate surface area is 457 Å². The van der Waals surface area contributed by atoms with Crippen LogP contribution in [0.25, 0.3) is 27.8 Å². The van der Waals surface area contributed by atoms with Crippen molar-refractivity contribution in [2.75, 3.05) is 47.9 Å². The third-order valence-electron chi connectivity index (χ3n) is 16.5. The second kappa shape index (κ2) is 24.4. The summed E-state index contributed by atoms with van der Waals surface area (Å²) >= 11 is 0. The van der Waals surface area contributed by atoms with Crippen LogP contribution in [0.2, 0.25) is 0 Å². The number of nitrogen functional groups attached to an aromatic ring is 1. The number of carbonyl (C=O) groups excluding carboxylic acids is 2. The predicted molar refractivity (Wildman–Crippen MR) is 320 cm³/mol. The Morgan fingerprint density at radius 2 is 1.27 bits per heavy atom. The van der Waals surface area contributed by atoms with Crippen molar-refractivity contribution >= 4 is 73.7 Å². The molecule has 9 rings (SSSR count). The van der Waals surface area contributed by atoms with Crippen LogP contribution < -0.4 is 42.6 Å². The van der Waals surface area contributed by atoms with E-state index in [2.05, 4.69) is 132 Å². The number of hydrogen-bond acceptors (Lipinski definition) is 9. The number of amides is 2. The van der Waals surface area contributed by atoms with Gasteiger partial charge in [0.1, 0.15) is 11.0 Å². The third kappa shape index (κ3) is 13.1. The maximum atomic E-state index is 14.2. The van der Waals surface area contributed by atoms with Crippen molar-refractivity contribution in [2.24, 2.45) is 33.4 Å². The van der Waals surface area contributed by atoms with E-state index in [0.29, 0.717) is 37.8 Å². The highest BCUT2D eigenvalue weighted by Gasteiger charge is 2.55. The molecule has 1 aromatic heterocycles. The molecule has 5 aromatic carbocycles. The van der Waals surface area contributed by atoms with Crippen molar-refractivity contribution in [2.45, 2.75) is 131 Å². The molecule has 4 unspecified atom stereocenters. The fourth-order valence-corrected chi connectivity index (χ4v) is 12.7. The van der Waals surface area contributed by atoms with Crippen molar-refractivity contribution in [3.8, 4) is 5.69 Å². The zero-order valence-corrected chi connectivity index (χ0v) is 46.6. The lowest BCUT2D eigenvalue weighted by Gasteiger charge is -2.52. The number of carbonyl (C=O) groups is 2. The lowest BCUT2D eigenvalue weighted by atomic mass is 9.51. The largest absolute Gasteiger partial charge is 0.399 e. The number of allylic oxidation sites excluding steroid dienone is 3. The predicted octanol–water partition coefficient (Wildman–Crippen LogP) is 13.3. The average molecular weight is 1040 g/mol. The number of anilines is 5. The van der Waals surface area contributed by atoms with Crippen molar-refractivity contribution in [3.63, 3.8) is 0 Å². The van der Waals surface area contributed by atoms with Gasteiger partial charge >= 0.3 is 0 Å². The van der Waals surface area contributed by atoms with Crippen LogP contribution in [-0.2, 0) is 9.59 Å². The van der Waals surface area contributed by atoms with Crippen molar-refractivity contribution < 1.29 is 14.2 Å². The molecule has 6 aromatic rings. The minimum atomic E-state index is -0.551. The van der Waals surface area contributed by atoms with Crippen LogP contribution in [0.3, 0.4) is 0 Å². The molecular formula is C65H83N10O2+. The first-order chi connectivity index (χ1) is 37.2. The molecule has 2 fully saturated rings. The van der Waals surface area contributed by atoms with E-state index < -0.39 is 10.8 Å². The van der Waals surface area contributed by atoms with E-state index in [1.165, 1.54) is 0 Å². The van der Waals surface area contributed by atoms with Crippen molar-refractivity contribution in [1.29, 1.82) is 0 Å². The number of para-hydroxylation sites is 2. The number of nitrogens with one attached hydrogen (secondary N) is 5. The van der Waals surface area contributed by atoms with Gasteiger partial charge in [0.15, 0.2) is 0 Å². The maximum absolute atomic E-state index is 14.2. The summed E-state index contributed by atoms with van der Waals surface area (Å²) in [6.07, 6.45) is 17.2. The number of nitrogens with two attached hydrogens (primary N) is 2. The SMILES string of the molecule is CC1=CC(=Nc2cc(C)c(NCCCCCCNC(=O)C34CC(C)CC(CC(C)(C(=O)NCCCCCCNc5cc6c(cc5C)nc5cc(C)c(N)cc5[n+]6-c5ccccc5)C3)C4)cc2Nc2ccccc2)CC=C1N. The Kier molecular flexibility index (Phi) is 17.3. The van der Waals surface area contributed by atoms with E-state index in [-0.39, 0.29) is 11.8 Å². The quantitative estimate of drug-likeness (QED) is 0.0152. The third-order valence-corrected chi connectivity index (χ3v) is 16.5. The number of aryl methyl sites for hydroxylation is 3. The number of benzene rings is 5. The van der Waals surface area contributed by atoms with Gasteiger partial charge in [-0.1, -0.05) is 82.0 Å². The number of aliphatic imine (C=N–C) groups is 1. The van der Waals surface area contributed by atoms with Crippen molar-refractivity contribution in [3.05, 3.63) is 137 Å². The number of aromatic nitrogens is 2. The molecule has 77 heavy (non-hydrogen) atoms. The summed E-state index contributed by atoms with van der Waals surface area (Å²) in [6, 6.07) is 33.4. The minimum absolute atomic E-state index is 0.114. The van der Waals surface area contributed by atoms with Gasteiger partial charge in [0.05, 0.1) is 16.8 Å². The van der Waals surface area contributed by atoms with E-state index in [1.807, 2.05) is 50.3 Å². The van der Waals surface area contributed by atoms with Crippen LogP contribution >= 0.6 is 0 Å². The second-order valence-electron chi connectivity index (χ2n) is 23.1. The molecule has 3 aliphatic carbocycles. The summed E-state index contributed by atoms with van der Waals surface area (Å²) in [5.74, 6) is 1.13. The lowest BCUT2D eigenvalue weighted by molar-refractivity contribution is -0.538. The van der Waals surface area contributed by atoms with Gasteiger partial charge in [-0.2, -0.15) is 0 Å². The number of rotatable bonds is 22. The van der Waals surface area contributed by atoms with Gasteiger partial charge in [0.25, 0.3) is 0 Å². The molecule has 0 saturated heterocycles. The molecule has 2 saturated carbocycles. The summed E-state index contributed by atoms with van der Waals surface area (Å²) in [6.45, 7) is 15.8. The van der Waals surface area contributed by atoms with Crippen molar-refractivity contribution in [1.82, 2.24) is 15.6 Å². The van der Waals surface area contributed by atoms with E-state index in [4.69, 9.17) is 21.4 Å². The molecule has 2 bridgehead atoms. The molecule has 0 radical (unpaired) electrons. The zero-order chi connectivity index (χ0) is 54.1. The maximum Gasteiger partial charge on any atom is 0.239 e. The highest BCUT2D eigenvalue weighted by molar-refractivity contribution is 6.01. The van der Waals surface area contributed by atoms with Gasteiger partial charge in [-0.15, -0.1) is 4.57 Å². The molecule has 0 spiro atoms. The summed E-state index contributed by atoms with van der Waals surface area (Å²) in [5, 5.41) is 17.7. The smallest absolute Gasteiger partial charge is 0.239 e. The Bertz CT molecular complexity index is 3180. The molecular weight excluding hydrogens is 953 g/mol. The Hall–Kier alpha value is -7.21. The minimum Gasteiger partial charge on any atom is -0.399 e. The molecule has 1 heterocycles. The molecule has 3 aliphatic rings. The van der Waals surface area contributed by atoms with Crippen LogP contribution in [0.4, 0.5) is 34.1 Å². The Morgan fingerprint density at radius 1 is 0.675 bits per heavy atom. The van der Waals surface area contributed by atoms with Crippen LogP contribution in [0, 0.1) is 43.4 Å².